The molecule has 0 saturated heterocycles. The molecule has 2 aliphatic rings. The number of allylic oxidation sites excluding steroid dienone is 2. The number of nitro benzene ring substituents is 1. The molecule has 0 spiro atoms. The number of anilines is 1. The van der Waals surface area contributed by atoms with Crippen LogP contribution in [0.15, 0.2) is 36.4 Å². The van der Waals surface area contributed by atoms with E-state index in [1.54, 1.807) is 0 Å². The molecule has 7 heteroatoms. The van der Waals surface area contributed by atoms with Crippen LogP contribution in [0.5, 0.6) is 0 Å². The van der Waals surface area contributed by atoms with Crippen LogP contribution >= 0.6 is 0 Å². The monoisotopic (exact) mass is 316 g/mol. The third-order valence-corrected chi connectivity index (χ3v) is 4.29. The number of carbonyl (C=O) groups is 2. The van der Waals surface area contributed by atoms with Crippen LogP contribution in [0.1, 0.15) is 12.8 Å². The van der Waals surface area contributed by atoms with Gasteiger partial charge in [-0.25, -0.2) is 0 Å². The summed E-state index contributed by atoms with van der Waals surface area (Å²) in [6, 6.07) is 5.45. The van der Waals surface area contributed by atoms with E-state index in [0.29, 0.717) is 11.6 Å². The minimum atomic E-state index is -0.517. The van der Waals surface area contributed by atoms with Crippen molar-refractivity contribution in [2.24, 2.45) is 17.8 Å². The number of carbonyl (C=O) groups excluding carboxylic acids is 2. The second-order valence-corrected chi connectivity index (χ2v) is 5.85. The van der Waals surface area contributed by atoms with Gasteiger partial charge in [0.05, 0.1) is 10.8 Å². The van der Waals surface area contributed by atoms with Gasteiger partial charge < -0.3 is 10.1 Å². The lowest BCUT2D eigenvalue weighted by molar-refractivity contribution is -0.384. The van der Waals surface area contributed by atoms with Crippen LogP contribution in [-0.2, 0) is 14.3 Å². The highest BCUT2D eigenvalue weighted by Crippen LogP contribution is 2.43. The van der Waals surface area contributed by atoms with Gasteiger partial charge in [-0.1, -0.05) is 12.2 Å². The average molecular weight is 316 g/mol. The van der Waals surface area contributed by atoms with Gasteiger partial charge >= 0.3 is 5.97 Å². The molecule has 0 heterocycles. The highest BCUT2D eigenvalue weighted by molar-refractivity contribution is 5.93. The summed E-state index contributed by atoms with van der Waals surface area (Å²) in [5.74, 6) is -0.236. The molecule has 3 rings (SSSR count). The molecule has 0 aliphatic heterocycles. The molecule has 0 aromatic heterocycles. The smallest absolute Gasteiger partial charge is 0.310 e. The molecule has 1 fully saturated rings. The number of fused-ring (bicyclic) bond motifs is 2. The van der Waals surface area contributed by atoms with Gasteiger partial charge in [-0.15, -0.1) is 0 Å². The molecule has 1 aromatic carbocycles. The number of nitrogens with one attached hydrogen (secondary N) is 1. The first-order valence-corrected chi connectivity index (χ1v) is 7.42. The third kappa shape index (κ3) is 3.39. The maximum atomic E-state index is 12.0. The number of rotatable bonds is 5. The summed E-state index contributed by atoms with van der Waals surface area (Å²) in [4.78, 5) is 33.8. The lowest BCUT2D eigenvalue weighted by Gasteiger charge is -2.16. The van der Waals surface area contributed by atoms with E-state index in [4.69, 9.17) is 4.74 Å². The van der Waals surface area contributed by atoms with E-state index in [0.717, 1.165) is 12.8 Å². The Kier molecular flexibility index (Phi) is 4.10. The van der Waals surface area contributed by atoms with Crippen molar-refractivity contribution in [3.63, 3.8) is 0 Å². The van der Waals surface area contributed by atoms with Crippen LogP contribution in [0, 0.1) is 27.9 Å². The third-order valence-electron chi connectivity index (χ3n) is 4.29. The molecule has 1 saturated carbocycles. The lowest BCUT2D eigenvalue weighted by atomic mass is 9.94. The first-order chi connectivity index (χ1) is 11.0. The number of ether oxygens (including phenoxy) is 1. The fourth-order valence-corrected chi connectivity index (χ4v) is 3.16. The van der Waals surface area contributed by atoms with E-state index in [1.165, 1.54) is 24.3 Å². The molecule has 120 valence electrons. The molecule has 1 amide bonds. The van der Waals surface area contributed by atoms with Gasteiger partial charge in [0.2, 0.25) is 0 Å². The number of non-ortho nitro benzene ring substituents is 1. The summed E-state index contributed by atoms with van der Waals surface area (Å²) < 4.78 is 5.08. The van der Waals surface area contributed by atoms with Crippen molar-refractivity contribution in [1.29, 1.82) is 0 Å². The van der Waals surface area contributed by atoms with Crippen LogP contribution in [0.2, 0.25) is 0 Å². The van der Waals surface area contributed by atoms with Gasteiger partial charge in [0.15, 0.2) is 6.61 Å². The topological polar surface area (TPSA) is 98.5 Å². The summed E-state index contributed by atoms with van der Waals surface area (Å²) in [6.07, 6.45) is 5.98. The number of esters is 1. The maximum Gasteiger partial charge on any atom is 0.310 e. The Morgan fingerprint density at radius 3 is 2.52 bits per heavy atom. The molecule has 2 aliphatic carbocycles. The predicted molar refractivity (Wildman–Crippen MR) is 81.5 cm³/mol. The van der Waals surface area contributed by atoms with Crippen LogP contribution in [0.3, 0.4) is 0 Å². The minimum absolute atomic E-state index is 0.0567. The Morgan fingerprint density at radius 1 is 1.22 bits per heavy atom. The first kappa shape index (κ1) is 15.2. The molecule has 2 bridgehead atoms. The highest BCUT2D eigenvalue weighted by atomic mass is 16.6. The summed E-state index contributed by atoms with van der Waals surface area (Å²) in [7, 11) is 0. The summed E-state index contributed by atoms with van der Waals surface area (Å²) in [6.45, 7) is -0.354. The van der Waals surface area contributed by atoms with Crippen LogP contribution in [0.25, 0.3) is 0 Å². The highest BCUT2D eigenvalue weighted by Gasteiger charge is 2.40. The SMILES string of the molecule is O=C(COC(=O)[C@H]1C[C@@H]2C=C[C@H]1C2)Nc1ccc([N+](=O)[O-])cc1. The van der Waals surface area contributed by atoms with E-state index in [9.17, 15) is 19.7 Å². The molecule has 23 heavy (non-hydrogen) atoms. The number of nitro groups is 1. The Bertz CT molecular complexity index is 668. The Balaban J connectivity index is 1.47. The zero-order valence-electron chi connectivity index (χ0n) is 12.3. The van der Waals surface area contributed by atoms with E-state index < -0.39 is 10.8 Å². The summed E-state index contributed by atoms with van der Waals surface area (Å²) >= 11 is 0. The predicted octanol–water partition coefficient (Wildman–Crippen LogP) is 2.29. The fraction of sp³-hybridized carbons (Fsp3) is 0.375. The van der Waals surface area contributed by atoms with Gasteiger partial charge in [-0.3, -0.25) is 19.7 Å². The van der Waals surface area contributed by atoms with Crippen molar-refractivity contribution < 1.29 is 19.2 Å². The number of hydrogen-bond acceptors (Lipinski definition) is 5. The van der Waals surface area contributed by atoms with E-state index in [1.807, 2.05) is 0 Å². The van der Waals surface area contributed by atoms with Crippen molar-refractivity contribution in [3.05, 3.63) is 46.5 Å². The fourth-order valence-electron chi connectivity index (χ4n) is 3.16. The molecule has 7 nitrogen and oxygen atoms in total. The normalized spacial score (nSPS) is 24.4. The second-order valence-electron chi connectivity index (χ2n) is 5.85. The number of benzene rings is 1. The minimum Gasteiger partial charge on any atom is -0.455 e. The maximum absolute atomic E-state index is 12.0. The Morgan fingerprint density at radius 2 is 1.96 bits per heavy atom. The van der Waals surface area contributed by atoms with Gasteiger partial charge in [0.25, 0.3) is 11.6 Å². The number of nitrogens with zero attached hydrogens (tertiary/aromatic N) is 1. The zero-order chi connectivity index (χ0) is 16.4. The lowest BCUT2D eigenvalue weighted by Crippen LogP contribution is -2.26. The number of amides is 1. The second kappa shape index (κ2) is 6.20. The Hall–Kier alpha value is -2.70. The summed E-state index contributed by atoms with van der Waals surface area (Å²) in [5, 5.41) is 13.1. The van der Waals surface area contributed by atoms with Crippen LogP contribution in [-0.4, -0.2) is 23.4 Å². The molecular formula is C16H16N2O5. The molecule has 3 atom stereocenters. The average Bonchev–Trinajstić information content (AvgIpc) is 3.16. The standard InChI is InChI=1S/C16H16N2O5/c19-15(17-12-3-5-13(6-4-12)18(21)22)9-23-16(20)14-8-10-1-2-11(14)7-10/h1-6,10-11,14H,7-9H2,(H,17,19)/t10-,11+,14+/m1/s1. The van der Waals surface area contributed by atoms with Crippen molar-refractivity contribution in [1.82, 2.24) is 0 Å². The Labute approximate surface area is 132 Å². The largest absolute Gasteiger partial charge is 0.455 e. The van der Waals surface area contributed by atoms with E-state index in [2.05, 4.69) is 17.5 Å². The van der Waals surface area contributed by atoms with Gasteiger partial charge in [-0.05, 0) is 36.8 Å². The van der Waals surface area contributed by atoms with Crippen LogP contribution in [0.4, 0.5) is 11.4 Å². The quantitative estimate of drug-likeness (QED) is 0.389. The van der Waals surface area contributed by atoms with Gasteiger partial charge in [0.1, 0.15) is 0 Å². The van der Waals surface area contributed by atoms with Crippen molar-refractivity contribution >= 4 is 23.3 Å². The molecule has 1 aromatic rings. The summed E-state index contributed by atoms with van der Waals surface area (Å²) in [5.41, 5.74) is 0.360. The van der Waals surface area contributed by atoms with Crippen molar-refractivity contribution in [3.8, 4) is 0 Å². The molecule has 1 N–H and O–H groups in total. The van der Waals surface area contributed by atoms with Gasteiger partial charge in [0, 0.05) is 17.8 Å². The van der Waals surface area contributed by atoms with E-state index in [-0.39, 0.29) is 30.1 Å². The van der Waals surface area contributed by atoms with Crippen molar-refractivity contribution in [2.45, 2.75) is 12.8 Å². The molecule has 0 unspecified atom stereocenters. The van der Waals surface area contributed by atoms with E-state index >= 15 is 0 Å². The van der Waals surface area contributed by atoms with Crippen molar-refractivity contribution in [2.75, 3.05) is 11.9 Å². The van der Waals surface area contributed by atoms with Crippen LogP contribution < -0.4 is 5.32 Å². The van der Waals surface area contributed by atoms with Gasteiger partial charge in [-0.2, -0.15) is 0 Å². The molecule has 0 radical (unpaired) electrons. The first-order valence-electron chi connectivity index (χ1n) is 7.42. The zero-order valence-corrected chi connectivity index (χ0v) is 12.3. The number of hydrogen-bond donors (Lipinski definition) is 1. The molecular weight excluding hydrogens is 300 g/mol.